The van der Waals surface area contributed by atoms with E-state index in [1.54, 1.807) is 42.5 Å². The number of carboxylic acids is 2. The number of rotatable bonds is 7. The van der Waals surface area contributed by atoms with E-state index in [2.05, 4.69) is 4.90 Å². The van der Waals surface area contributed by atoms with Crippen molar-refractivity contribution in [1.29, 1.82) is 0 Å². The molecule has 15 heteroatoms. The third kappa shape index (κ3) is 5.53. The molecule has 1 saturated heterocycles. The highest BCUT2D eigenvalue weighted by Gasteiger charge is 2.72. The molecule has 246 valence electrons. The Morgan fingerprint density at radius 2 is 1.76 bits per heavy atom. The minimum absolute atomic E-state index is 0.0440. The van der Waals surface area contributed by atoms with Gasteiger partial charge in [0.1, 0.15) is 5.76 Å². The van der Waals surface area contributed by atoms with E-state index in [0.717, 1.165) is 11.1 Å². The first-order valence-electron chi connectivity index (χ1n) is 14.2. The summed E-state index contributed by atoms with van der Waals surface area (Å²) in [7, 11) is 1.98. The lowest BCUT2D eigenvalue weighted by Gasteiger charge is -2.61. The predicted octanol–water partition coefficient (Wildman–Crippen LogP) is 3.00. The number of benzene rings is 2. The Balaban J connectivity index is 0.000000537. The molecule has 5 atom stereocenters. The number of phenolic OH excluding ortho intramolecular Hbond substituents is 1. The number of piperidine rings is 1. The number of carboxylic acid groups (broad SMARTS) is 2. The van der Waals surface area contributed by atoms with Crippen LogP contribution in [0, 0.1) is 0 Å². The van der Waals surface area contributed by atoms with Crippen LogP contribution < -0.4 is 4.74 Å². The number of hydrogen-bond acceptors (Lipinski definition) is 10. The SMILES string of the molecule is CN1CC[C@]23c4c5ccc(O)c4O[C@H]2C(OC(=O)[C@@H](OC(=O)CCC(=O)O)c2ccccc2)=CC[C@@]3(O)[C@H]1C5.O=C(O)C(F)(F)F. The number of ether oxygens (including phenoxy) is 3. The van der Waals surface area contributed by atoms with Crippen LogP contribution in [0.15, 0.2) is 54.3 Å². The van der Waals surface area contributed by atoms with Gasteiger partial charge in [-0.25, -0.2) is 9.59 Å². The Bertz CT molecular complexity index is 1590. The van der Waals surface area contributed by atoms with E-state index >= 15 is 0 Å². The first-order chi connectivity index (χ1) is 21.6. The van der Waals surface area contributed by atoms with E-state index in [-0.39, 0.29) is 24.0 Å². The first kappa shape index (κ1) is 32.8. The molecule has 0 aromatic heterocycles. The number of carbonyl (C=O) groups excluding carboxylic acids is 2. The zero-order valence-corrected chi connectivity index (χ0v) is 24.3. The van der Waals surface area contributed by atoms with Crippen molar-refractivity contribution < 1.29 is 67.0 Å². The average Bonchev–Trinajstić information content (AvgIpc) is 3.36. The van der Waals surface area contributed by atoms with Gasteiger partial charge in [-0.05, 0) is 44.1 Å². The van der Waals surface area contributed by atoms with E-state index in [0.29, 0.717) is 30.7 Å². The number of carbonyl (C=O) groups is 4. The van der Waals surface area contributed by atoms with Gasteiger partial charge in [0, 0.05) is 23.6 Å². The molecule has 0 radical (unpaired) electrons. The molecule has 2 aliphatic carbocycles. The summed E-state index contributed by atoms with van der Waals surface area (Å²) < 4.78 is 49.3. The number of esters is 2. The lowest BCUT2D eigenvalue weighted by Crippen LogP contribution is -2.74. The van der Waals surface area contributed by atoms with Crippen molar-refractivity contribution in [3.8, 4) is 11.5 Å². The molecule has 2 bridgehead atoms. The largest absolute Gasteiger partial charge is 0.504 e. The molecule has 46 heavy (non-hydrogen) atoms. The highest BCUT2D eigenvalue weighted by molar-refractivity contribution is 5.83. The van der Waals surface area contributed by atoms with E-state index < -0.39 is 66.1 Å². The van der Waals surface area contributed by atoms with E-state index in [1.165, 1.54) is 0 Å². The van der Waals surface area contributed by atoms with Gasteiger partial charge in [0.15, 0.2) is 17.6 Å². The van der Waals surface area contributed by atoms with Crippen LogP contribution in [0.25, 0.3) is 0 Å². The number of likely N-dealkylation sites (N-methyl/N-ethyl adjacent to an activating group) is 1. The van der Waals surface area contributed by atoms with Crippen LogP contribution >= 0.6 is 0 Å². The highest BCUT2D eigenvalue weighted by Crippen LogP contribution is 2.65. The van der Waals surface area contributed by atoms with Crippen LogP contribution in [0.5, 0.6) is 11.5 Å². The summed E-state index contributed by atoms with van der Waals surface area (Å²) >= 11 is 0. The number of nitrogens with zero attached hydrogens (tertiary/aromatic N) is 1. The fourth-order valence-corrected chi connectivity index (χ4v) is 6.89. The molecule has 1 spiro atoms. The lowest BCUT2D eigenvalue weighted by molar-refractivity contribution is -0.192. The molecular weight excluding hydrogens is 619 g/mol. The predicted molar refractivity (Wildman–Crippen MR) is 149 cm³/mol. The minimum Gasteiger partial charge on any atom is -0.504 e. The third-order valence-corrected chi connectivity index (χ3v) is 8.92. The van der Waals surface area contributed by atoms with Crippen molar-refractivity contribution >= 4 is 23.9 Å². The maximum Gasteiger partial charge on any atom is 0.490 e. The fourth-order valence-electron chi connectivity index (χ4n) is 6.89. The van der Waals surface area contributed by atoms with Gasteiger partial charge < -0.3 is 39.5 Å². The Morgan fingerprint density at radius 1 is 1.09 bits per heavy atom. The van der Waals surface area contributed by atoms with Gasteiger partial charge in [0.25, 0.3) is 0 Å². The molecule has 12 nitrogen and oxygen atoms in total. The maximum absolute atomic E-state index is 13.5. The van der Waals surface area contributed by atoms with Gasteiger partial charge in [-0.3, -0.25) is 9.59 Å². The Kier molecular flexibility index (Phi) is 8.51. The van der Waals surface area contributed by atoms with Crippen molar-refractivity contribution in [1.82, 2.24) is 4.90 Å². The number of halogens is 3. The number of likely N-dealkylation sites (tertiary alicyclic amines) is 1. The maximum atomic E-state index is 13.5. The van der Waals surface area contributed by atoms with E-state index in [9.17, 15) is 37.8 Å². The molecule has 6 rings (SSSR count). The molecule has 2 aromatic carbocycles. The van der Waals surface area contributed by atoms with Crippen LogP contribution in [-0.2, 0) is 40.5 Å². The van der Waals surface area contributed by atoms with E-state index in [4.69, 9.17) is 29.2 Å². The normalized spacial score (nSPS) is 26.2. The van der Waals surface area contributed by atoms with Gasteiger partial charge in [0.2, 0.25) is 6.10 Å². The summed E-state index contributed by atoms with van der Waals surface area (Å²) in [5.41, 5.74) is -0.0371. The molecule has 2 heterocycles. The topological polar surface area (TPSA) is 180 Å². The summed E-state index contributed by atoms with van der Waals surface area (Å²) in [4.78, 5) is 47.9. The molecule has 4 aliphatic rings. The number of aliphatic carboxylic acids is 2. The fraction of sp³-hybridized carbons (Fsp3) is 0.419. The summed E-state index contributed by atoms with van der Waals surface area (Å²) in [6.45, 7) is 0.677. The van der Waals surface area contributed by atoms with E-state index in [1.807, 2.05) is 13.1 Å². The lowest BCUT2D eigenvalue weighted by atomic mass is 9.50. The van der Waals surface area contributed by atoms with Crippen LogP contribution in [0.1, 0.15) is 48.5 Å². The highest BCUT2D eigenvalue weighted by atomic mass is 19.4. The molecule has 0 amide bonds. The van der Waals surface area contributed by atoms with Crippen molar-refractivity contribution in [2.75, 3.05) is 13.6 Å². The van der Waals surface area contributed by atoms with Gasteiger partial charge in [0.05, 0.1) is 23.9 Å². The van der Waals surface area contributed by atoms with Gasteiger partial charge in [-0.15, -0.1) is 0 Å². The van der Waals surface area contributed by atoms with Crippen LogP contribution in [0.2, 0.25) is 0 Å². The van der Waals surface area contributed by atoms with Crippen LogP contribution in [0.4, 0.5) is 13.2 Å². The second-order valence-corrected chi connectivity index (χ2v) is 11.5. The summed E-state index contributed by atoms with van der Waals surface area (Å²) in [5.74, 6) is -5.21. The summed E-state index contributed by atoms with van der Waals surface area (Å²) in [6, 6.07) is 11.6. The van der Waals surface area contributed by atoms with Crippen molar-refractivity contribution in [2.24, 2.45) is 0 Å². The van der Waals surface area contributed by atoms with Gasteiger partial charge in [-0.2, -0.15) is 13.2 Å². The first-order valence-corrected chi connectivity index (χ1v) is 14.2. The summed E-state index contributed by atoms with van der Waals surface area (Å²) in [6.07, 6.45) is -5.26. The van der Waals surface area contributed by atoms with Gasteiger partial charge >= 0.3 is 30.1 Å². The van der Waals surface area contributed by atoms with Crippen molar-refractivity contribution in [3.05, 3.63) is 71.0 Å². The molecule has 1 fully saturated rings. The Hall–Kier alpha value is -4.63. The molecule has 2 aromatic rings. The second kappa shape index (κ2) is 11.9. The Labute approximate surface area is 259 Å². The number of aliphatic hydroxyl groups is 1. The molecule has 4 N–H and O–H groups in total. The number of hydrogen-bond donors (Lipinski definition) is 4. The standard InChI is InChI=1S/C29H29NO9.C2HF3O2/c1-30-14-13-28-23-17-7-8-18(31)25(23)39-26(28)19(11-12-29(28,36)20(30)15-17)37-27(35)24(16-5-3-2-4-6-16)38-22(34)10-9-21(32)33;3-2(4,5)1(6)7/h2-8,11,20,24,26,31,36H,9-10,12-15H2,1H3,(H,32,33);(H,6,7)/t20-,24+,26+,28+,29-;/m1./s1. The number of aromatic hydroxyl groups is 1. The van der Waals surface area contributed by atoms with Crippen molar-refractivity contribution in [2.45, 2.75) is 67.5 Å². The number of phenols is 1. The quantitative estimate of drug-likeness (QED) is 0.323. The van der Waals surface area contributed by atoms with Crippen molar-refractivity contribution in [3.63, 3.8) is 0 Å². The smallest absolute Gasteiger partial charge is 0.490 e. The zero-order valence-electron chi connectivity index (χ0n) is 24.3. The second-order valence-electron chi connectivity index (χ2n) is 11.5. The average molecular weight is 650 g/mol. The third-order valence-electron chi connectivity index (χ3n) is 8.92. The summed E-state index contributed by atoms with van der Waals surface area (Å²) in [5, 5.41) is 39.0. The van der Waals surface area contributed by atoms with Crippen LogP contribution in [0.3, 0.4) is 0 Å². The zero-order chi connectivity index (χ0) is 33.6. The van der Waals surface area contributed by atoms with Gasteiger partial charge in [-0.1, -0.05) is 36.4 Å². The molecule has 2 aliphatic heterocycles. The molecule has 0 saturated carbocycles. The molecule has 0 unspecified atom stereocenters. The monoisotopic (exact) mass is 649 g/mol. The Morgan fingerprint density at radius 3 is 2.39 bits per heavy atom. The minimum atomic E-state index is -5.08. The van der Waals surface area contributed by atoms with Crippen LogP contribution in [-0.4, -0.2) is 86.7 Å². The number of alkyl halides is 3. The molecular formula is C31H30F3NO11.